The summed E-state index contributed by atoms with van der Waals surface area (Å²) < 4.78 is 5.20. The number of hydrogen-bond acceptors (Lipinski definition) is 3. The Morgan fingerprint density at radius 2 is 1.54 bits per heavy atom. The van der Waals surface area contributed by atoms with Gasteiger partial charge < -0.3 is 14.7 Å². The summed E-state index contributed by atoms with van der Waals surface area (Å²) in [6.07, 6.45) is 4.09. The van der Waals surface area contributed by atoms with Gasteiger partial charge in [0.2, 0.25) is 0 Å². The fourth-order valence-corrected chi connectivity index (χ4v) is 3.38. The molecular weight excluding hydrogens is 350 g/mol. The zero-order chi connectivity index (χ0) is 20.1. The van der Waals surface area contributed by atoms with Crippen LogP contribution in [0.5, 0.6) is 5.75 Å². The highest BCUT2D eigenvalue weighted by atomic mass is 16.5. The van der Waals surface area contributed by atoms with Crippen molar-refractivity contribution in [2.24, 2.45) is 0 Å². The van der Waals surface area contributed by atoms with Crippen molar-refractivity contribution in [1.82, 2.24) is 0 Å². The van der Waals surface area contributed by atoms with E-state index in [1.54, 1.807) is 6.07 Å². The van der Waals surface area contributed by atoms with Gasteiger partial charge in [0.05, 0.1) is 7.11 Å². The molecule has 4 heteroatoms. The Labute approximate surface area is 166 Å². The highest BCUT2D eigenvalue weighted by Crippen LogP contribution is 2.36. The number of nitrogens with zero attached hydrogens (tertiary/aromatic N) is 1. The second-order valence-electron chi connectivity index (χ2n) is 6.53. The number of carboxylic acid groups (broad SMARTS) is 1. The third kappa shape index (κ3) is 4.01. The quantitative estimate of drug-likeness (QED) is 0.591. The Kier molecular flexibility index (Phi) is 5.99. The molecule has 0 saturated carbocycles. The Morgan fingerprint density at radius 3 is 2.07 bits per heavy atom. The molecule has 1 aromatic carbocycles. The zero-order valence-corrected chi connectivity index (χ0v) is 16.5. The third-order valence-electron chi connectivity index (χ3n) is 4.93. The molecule has 1 N–H and O–H groups in total. The summed E-state index contributed by atoms with van der Waals surface area (Å²) >= 11 is 0. The van der Waals surface area contributed by atoms with Gasteiger partial charge in [0, 0.05) is 24.3 Å². The maximum absolute atomic E-state index is 11.6. The molecule has 144 valence electrons. The van der Waals surface area contributed by atoms with E-state index in [-0.39, 0.29) is 5.56 Å². The van der Waals surface area contributed by atoms with Gasteiger partial charge in [-0.05, 0) is 48.7 Å². The van der Waals surface area contributed by atoms with Crippen LogP contribution in [0.1, 0.15) is 35.3 Å². The Morgan fingerprint density at radius 1 is 0.964 bits per heavy atom. The first kappa shape index (κ1) is 19.5. The minimum Gasteiger partial charge on any atom is -0.496 e. The number of hydrogen-bond donors (Lipinski definition) is 1. The van der Waals surface area contributed by atoms with Crippen LogP contribution >= 0.6 is 0 Å². The smallest absolute Gasteiger partial charge is 0.340 e. The Bertz CT molecular complexity index is 956. The van der Waals surface area contributed by atoms with Gasteiger partial charge in [-0.1, -0.05) is 48.6 Å². The molecule has 0 heterocycles. The monoisotopic (exact) mass is 375 g/mol. The zero-order valence-electron chi connectivity index (χ0n) is 16.5. The summed E-state index contributed by atoms with van der Waals surface area (Å²) in [5.74, 6) is -0.595. The fraction of sp³-hybridized carbons (Fsp3) is 0.208. The number of aromatic carboxylic acids is 1. The van der Waals surface area contributed by atoms with Crippen molar-refractivity contribution in [2.75, 3.05) is 25.1 Å². The van der Waals surface area contributed by atoms with Crippen LogP contribution in [0.25, 0.3) is 23.3 Å². The van der Waals surface area contributed by atoms with Crippen LogP contribution in [-0.2, 0) is 0 Å². The van der Waals surface area contributed by atoms with Gasteiger partial charge in [-0.2, -0.15) is 0 Å². The molecule has 0 spiro atoms. The van der Waals surface area contributed by atoms with Crippen molar-refractivity contribution >= 4 is 23.8 Å². The first-order valence-corrected chi connectivity index (χ1v) is 9.44. The third-order valence-corrected chi connectivity index (χ3v) is 4.93. The predicted octanol–water partition coefficient (Wildman–Crippen LogP) is 5.51. The normalized spacial score (nSPS) is 11.1. The molecule has 2 aliphatic rings. The highest BCUT2D eigenvalue weighted by molar-refractivity contribution is 6.01. The molecule has 0 unspecified atom stereocenters. The molecular formula is C24H25NO3. The molecule has 0 fully saturated rings. The van der Waals surface area contributed by atoms with E-state index < -0.39 is 5.97 Å². The average Bonchev–Trinajstić information content (AvgIpc) is 2.96. The Balaban J connectivity index is 1.86. The molecule has 2 aliphatic carbocycles. The number of benzene rings is 1. The molecule has 0 saturated heterocycles. The van der Waals surface area contributed by atoms with Gasteiger partial charge in [0.1, 0.15) is 11.3 Å². The minimum absolute atomic E-state index is 0.204. The van der Waals surface area contributed by atoms with Crippen molar-refractivity contribution < 1.29 is 14.6 Å². The van der Waals surface area contributed by atoms with E-state index >= 15 is 0 Å². The predicted molar refractivity (Wildman–Crippen MR) is 116 cm³/mol. The maximum Gasteiger partial charge on any atom is 0.340 e. The molecule has 28 heavy (non-hydrogen) atoms. The summed E-state index contributed by atoms with van der Waals surface area (Å²) in [6.45, 7) is 6.29. The molecule has 0 radical (unpaired) electrons. The Hall–Kier alpha value is -3.27. The van der Waals surface area contributed by atoms with E-state index in [4.69, 9.17) is 4.74 Å². The molecule has 4 nitrogen and oxygen atoms in total. The van der Waals surface area contributed by atoms with Gasteiger partial charge in [0.15, 0.2) is 0 Å². The molecule has 0 aromatic heterocycles. The number of anilines is 1. The topological polar surface area (TPSA) is 49.8 Å². The van der Waals surface area contributed by atoms with Crippen LogP contribution in [-0.4, -0.2) is 31.3 Å². The molecule has 3 rings (SSSR count). The summed E-state index contributed by atoms with van der Waals surface area (Å²) in [7, 11) is 1.49. The summed E-state index contributed by atoms with van der Waals surface area (Å²) in [4.78, 5) is 13.9. The fourth-order valence-electron chi connectivity index (χ4n) is 3.38. The number of ether oxygens (including phenoxy) is 1. The summed E-state index contributed by atoms with van der Waals surface area (Å²) in [5, 5.41) is 9.49. The van der Waals surface area contributed by atoms with E-state index in [9.17, 15) is 9.90 Å². The number of rotatable bonds is 7. The number of carbonyl (C=O) groups is 1. The lowest BCUT2D eigenvalue weighted by Crippen LogP contribution is -2.21. The molecule has 0 aliphatic heterocycles. The van der Waals surface area contributed by atoms with Crippen LogP contribution in [0, 0.1) is 0 Å². The minimum atomic E-state index is -0.983. The largest absolute Gasteiger partial charge is 0.496 e. The van der Waals surface area contributed by atoms with E-state index in [1.807, 2.05) is 30.3 Å². The van der Waals surface area contributed by atoms with E-state index in [0.29, 0.717) is 11.3 Å². The van der Waals surface area contributed by atoms with E-state index in [1.165, 1.54) is 12.8 Å². The second-order valence-corrected chi connectivity index (χ2v) is 6.53. The molecule has 1 aromatic rings. The van der Waals surface area contributed by atoms with Crippen molar-refractivity contribution in [3.8, 4) is 16.9 Å². The van der Waals surface area contributed by atoms with Crippen LogP contribution < -0.4 is 9.64 Å². The van der Waals surface area contributed by atoms with Crippen LogP contribution in [0.3, 0.4) is 0 Å². The van der Waals surface area contributed by atoms with Gasteiger partial charge in [-0.15, -0.1) is 0 Å². The van der Waals surface area contributed by atoms with E-state index in [2.05, 4.69) is 49.1 Å². The van der Waals surface area contributed by atoms with Crippen molar-refractivity contribution in [2.45, 2.75) is 13.8 Å². The summed E-state index contributed by atoms with van der Waals surface area (Å²) in [6, 6.07) is 17.9. The molecule has 0 atom stereocenters. The first-order chi connectivity index (χ1) is 13.6. The number of fused-ring (bicyclic) bond motifs is 1. The van der Waals surface area contributed by atoms with E-state index in [0.717, 1.165) is 29.8 Å². The van der Waals surface area contributed by atoms with Gasteiger partial charge in [0.25, 0.3) is 0 Å². The number of carboxylic acids is 1. The second kappa shape index (κ2) is 8.61. The lowest BCUT2D eigenvalue weighted by molar-refractivity contribution is 0.0695. The van der Waals surface area contributed by atoms with Gasteiger partial charge in [-0.25, -0.2) is 4.79 Å². The van der Waals surface area contributed by atoms with Gasteiger partial charge in [-0.3, -0.25) is 0 Å². The maximum atomic E-state index is 11.6. The number of methoxy groups -OCH3 is 1. The van der Waals surface area contributed by atoms with Crippen molar-refractivity contribution in [1.29, 1.82) is 0 Å². The molecule has 0 amide bonds. The van der Waals surface area contributed by atoms with Crippen LogP contribution in [0.4, 0.5) is 5.69 Å². The van der Waals surface area contributed by atoms with Crippen molar-refractivity contribution in [3.05, 3.63) is 71.3 Å². The highest BCUT2D eigenvalue weighted by Gasteiger charge is 2.21. The first-order valence-electron chi connectivity index (χ1n) is 9.44. The van der Waals surface area contributed by atoms with Crippen LogP contribution in [0.2, 0.25) is 0 Å². The SMILES string of the molecule is CCN(CC)c1ccc(C=Cc2ccc3cc(OC)c(C(=O)O)c-3cc2)cc1. The van der Waals surface area contributed by atoms with Crippen LogP contribution in [0.15, 0.2) is 54.6 Å². The molecule has 0 bridgehead atoms. The summed E-state index contributed by atoms with van der Waals surface area (Å²) in [5.41, 5.74) is 5.07. The van der Waals surface area contributed by atoms with Crippen molar-refractivity contribution in [3.63, 3.8) is 0 Å². The average molecular weight is 375 g/mol. The lowest BCUT2D eigenvalue weighted by Gasteiger charge is -2.20. The lowest BCUT2D eigenvalue weighted by atomic mass is 10.1. The standard InChI is InChI=1S/C24H25NO3/c1-4-25(5-2)20-13-9-18(10-14-20)7-6-17-8-12-19-16-22(28-3)23(24(26)27)21(19)15-11-17/h6-16H,4-5H2,1-3H3,(H,26,27). The van der Waals surface area contributed by atoms with Gasteiger partial charge >= 0.3 is 5.97 Å².